The van der Waals surface area contributed by atoms with Crippen molar-refractivity contribution in [3.8, 4) is 5.75 Å². The number of fused-ring (bicyclic) bond motifs is 1. The van der Waals surface area contributed by atoms with Crippen molar-refractivity contribution >= 4 is 28.5 Å². The fourth-order valence-electron chi connectivity index (χ4n) is 3.09. The number of ether oxygens (including phenoxy) is 2. The number of hydrogen-bond donors (Lipinski definition) is 3. The summed E-state index contributed by atoms with van der Waals surface area (Å²) in [5.74, 6) is -0.510. The van der Waals surface area contributed by atoms with Crippen LogP contribution in [0.1, 0.15) is 18.1 Å². The minimum atomic E-state index is -1.08. The number of anilines is 1. The fourth-order valence-corrected chi connectivity index (χ4v) is 3.09. The maximum Gasteiger partial charge on any atom is 0.412 e. The third-order valence-electron chi connectivity index (χ3n) is 4.50. The Bertz CT molecular complexity index is 1060. The highest BCUT2D eigenvalue weighted by molar-refractivity contribution is 6.00. The molecule has 0 unspecified atom stereocenters. The lowest BCUT2D eigenvalue weighted by Crippen LogP contribution is -2.17. The average molecular weight is 421 g/mol. The number of benzene rings is 3. The second-order valence-electron chi connectivity index (χ2n) is 6.66. The summed E-state index contributed by atoms with van der Waals surface area (Å²) < 4.78 is 11.0. The maximum atomic E-state index is 12.6. The highest BCUT2D eigenvalue weighted by atomic mass is 16.6. The van der Waals surface area contributed by atoms with Gasteiger partial charge in [-0.3, -0.25) is 5.32 Å². The molecule has 0 radical (unpaired) electrons. The summed E-state index contributed by atoms with van der Waals surface area (Å²) in [6.45, 7) is 0.0792. The number of aliphatic hydroxyl groups is 1. The van der Waals surface area contributed by atoms with E-state index < -0.39 is 18.2 Å². The lowest BCUT2D eigenvalue weighted by molar-refractivity contribution is -0.131. The van der Waals surface area contributed by atoms with Crippen LogP contribution in [0.5, 0.6) is 5.75 Å². The van der Waals surface area contributed by atoms with Gasteiger partial charge in [-0.15, -0.1) is 0 Å². The number of carbonyl (C=O) groups excluding carboxylic acids is 1. The van der Waals surface area contributed by atoms with Crippen molar-refractivity contribution < 1.29 is 29.3 Å². The quantitative estimate of drug-likeness (QED) is 0.439. The van der Waals surface area contributed by atoms with Gasteiger partial charge in [0.2, 0.25) is 0 Å². The van der Waals surface area contributed by atoms with Crippen LogP contribution in [0.2, 0.25) is 0 Å². The number of hydrogen-bond acceptors (Lipinski definition) is 5. The topological polar surface area (TPSA) is 105 Å². The van der Waals surface area contributed by atoms with E-state index in [1.807, 2.05) is 36.4 Å². The SMILES string of the molecule is O=C(O)/C=C/C[C@H](OC(=O)Nc1cccc2ccccc12)c1ccc(OCCO)cc1. The summed E-state index contributed by atoms with van der Waals surface area (Å²) in [6, 6.07) is 20.1. The van der Waals surface area contributed by atoms with Crippen LogP contribution in [0.3, 0.4) is 0 Å². The minimum Gasteiger partial charge on any atom is -0.491 e. The third kappa shape index (κ3) is 6.32. The van der Waals surface area contributed by atoms with Gasteiger partial charge >= 0.3 is 12.1 Å². The molecule has 0 saturated carbocycles. The molecule has 1 atom stereocenters. The molecule has 7 heteroatoms. The van der Waals surface area contributed by atoms with Crippen molar-refractivity contribution in [2.24, 2.45) is 0 Å². The zero-order valence-corrected chi connectivity index (χ0v) is 16.7. The van der Waals surface area contributed by atoms with Crippen molar-refractivity contribution in [2.45, 2.75) is 12.5 Å². The van der Waals surface area contributed by atoms with Gasteiger partial charge in [0.25, 0.3) is 0 Å². The zero-order valence-electron chi connectivity index (χ0n) is 16.7. The monoisotopic (exact) mass is 421 g/mol. The molecule has 1 amide bonds. The van der Waals surface area contributed by atoms with Gasteiger partial charge in [0, 0.05) is 17.9 Å². The van der Waals surface area contributed by atoms with Crippen LogP contribution < -0.4 is 10.1 Å². The summed E-state index contributed by atoms with van der Waals surface area (Å²) in [5, 5.41) is 22.3. The van der Waals surface area contributed by atoms with E-state index >= 15 is 0 Å². The van der Waals surface area contributed by atoms with E-state index in [-0.39, 0.29) is 19.6 Å². The standard InChI is InChI=1S/C24H23NO6/c26-15-16-30-19-13-11-18(12-14-19)22(9-4-10-23(27)28)31-24(29)25-21-8-3-6-17-5-1-2-7-20(17)21/h1-8,10-14,22,26H,9,15-16H2,(H,25,29)(H,27,28)/b10-4+/t22-/m0/s1. The molecule has 0 fully saturated rings. The minimum absolute atomic E-state index is 0.0954. The first-order valence-electron chi connectivity index (χ1n) is 9.75. The van der Waals surface area contributed by atoms with Gasteiger partial charge < -0.3 is 19.7 Å². The van der Waals surface area contributed by atoms with Gasteiger partial charge in [0.1, 0.15) is 18.5 Å². The van der Waals surface area contributed by atoms with Crippen molar-refractivity contribution in [1.82, 2.24) is 0 Å². The number of carboxylic acid groups (broad SMARTS) is 1. The van der Waals surface area contributed by atoms with Crippen LogP contribution >= 0.6 is 0 Å². The number of amides is 1. The lowest BCUT2D eigenvalue weighted by atomic mass is 10.1. The Morgan fingerprint density at radius 1 is 1.00 bits per heavy atom. The van der Waals surface area contributed by atoms with E-state index in [9.17, 15) is 9.59 Å². The van der Waals surface area contributed by atoms with Gasteiger partial charge in [-0.2, -0.15) is 0 Å². The number of carbonyl (C=O) groups is 2. The summed E-state index contributed by atoms with van der Waals surface area (Å²) in [5.41, 5.74) is 1.30. The molecule has 0 saturated heterocycles. The second kappa shape index (κ2) is 10.8. The number of aliphatic hydroxyl groups excluding tert-OH is 1. The molecular weight excluding hydrogens is 398 g/mol. The molecule has 0 aliphatic carbocycles. The molecule has 0 aromatic heterocycles. The van der Waals surface area contributed by atoms with Gasteiger partial charge in [-0.1, -0.05) is 54.6 Å². The predicted molar refractivity (Wildman–Crippen MR) is 117 cm³/mol. The van der Waals surface area contributed by atoms with E-state index in [4.69, 9.17) is 19.7 Å². The van der Waals surface area contributed by atoms with Crippen LogP contribution in [-0.2, 0) is 9.53 Å². The highest BCUT2D eigenvalue weighted by Crippen LogP contribution is 2.27. The van der Waals surface area contributed by atoms with Crippen LogP contribution in [-0.4, -0.2) is 35.5 Å². The van der Waals surface area contributed by atoms with E-state index in [1.165, 1.54) is 6.08 Å². The van der Waals surface area contributed by atoms with Crippen molar-refractivity contribution in [2.75, 3.05) is 18.5 Å². The average Bonchev–Trinajstić information content (AvgIpc) is 2.77. The Balaban J connectivity index is 1.75. The zero-order chi connectivity index (χ0) is 22.1. The molecular formula is C24H23NO6. The van der Waals surface area contributed by atoms with Crippen molar-refractivity contribution in [3.63, 3.8) is 0 Å². The van der Waals surface area contributed by atoms with Crippen molar-refractivity contribution in [3.05, 3.63) is 84.4 Å². The molecule has 31 heavy (non-hydrogen) atoms. The molecule has 0 bridgehead atoms. The van der Waals surface area contributed by atoms with E-state index in [2.05, 4.69) is 5.32 Å². The normalized spacial score (nSPS) is 11.9. The summed E-state index contributed by atoms with van der Waals surface area (Å²) in [7, 11) is 0. The Kier molecular flexibility index (Phi) is 7.61. The van der Waals surface area contributed by atoms with E-state index in [0.717, 1.165) is 16.8 Å². The first-order chi connectivity index (χ1) is 15.1. The second-order valence-corrected chi connectivity index (χ2v) is 6.66. The maximum absolute atomic E-state index is 12.6. The molecule has 0 aliphatic heterocycles. The van der Waals surface area contributed by atoms with Crippen LogP contribution in [0.15, 0.2) is 78.9 Å². The smallest absolute Gasteiger partial charge is 0.412 e. The summed E-state index contributed by atoms with van der Waals surface area (Å²) in [4.78, 5) is 23.4. The Labute approximate surface area is 179 Å². The van der Waals surface area contributed by atoms with Crippen LogP contribution in [0.25, 0.3) is 10.8 Å². The first kappa shape index (κ1) is 21.9. The number of rotatable bonds is 9. The first-order valence-corrected chi connectivity index (χ1v) is 9.75. The van der Waals surface area contributed by atoms with Crippen molar-refractivity contribution in [1.29, 1.82) is 0 Å². The third-order valence-corrected chi connectivity index (χ3v) is 4.50. The lowest BCUT2D eigenvalue weighted by Gasteiger charge is -2.18. The van der Waals surface area contributed by atoms with Crippen LogP contribution in [0, 0.1) is 0 Å². The Morgan fingerprint density at radius 2 is 1.74 bits per heavy atom. The van der Waals surface area contributed by atoms with Crippen LogP contribution in [0.4, 0.5) is 10.5 Å². The number of nitrogens with one attached hydrogen (secondary N) is 1. The molecule has 7 nitrogen and oxygen atoms in total. The summed E-state index contributed by atoms with van der Waals surface area (Å²) in [6.07, 6.45) is 1.29. The fraction of sp³-hybridized carbons (Fsp3) is 0.167. The molecule has 0 spiro atoms. The van der Waals surface area contributed by atoms with E-state index in [1.54, 1.807) is 30.3 Å². The Hall–Kier alpha value is -3.84. The van der Waals surface area contributed by atoms with Gasteiger partial charge in [-0.25, -0.2) is 9.59 Å². The molecule has 3 rings (SSSR count). The molecule has 160 valence electrons. The molecule has 0 aliphatic rings. The summed E-state index contributed by atoms with van der Waals surface area (Å²) >= 11 is 0. The Morgan fingerprint density at radius 3 is 2.48 bits per heavy atom. The van der Waals surface area contributed by atoms with Gasteiger partial charge in [0.05, 0.1) is 12.3 Å². The van der Waals surface area contributed by atoms with Gasteiger partial charge in [0.15, 0.2) is 0 Å². The van der Waals surface area contributed by atoms with E-state index in [0.29, 0.717) is 17.0 Å². The largest absolute Gasteiger partial charge is 0.491 e. The highest BCUT2D eigenvalue weighted by Gasteiger charge is 2.17. The molecule has 3 N–H and O–H groups in total. The molecule has 0 heterocycles. The number of carboxylic acids is 1. The molecule has 3 aromatic carbocycles. The molecule has 3 aromatic rings. The predicted octanol–water partition coefficient (Wildman–Crippen LogP) is 4.53. The van der Waals surface area contributed by atoms with Gasteiger partial charge in [-0.05, 0) is 29.1 Å². The number of aliphatic carboxylic acids is 1.